The lowest BCUT2D eigenvalue weighted by Gasteiger charge is -1.92. The maximum atomic E-state index is 4.66. The Morgan fingerprint density at radius 3 is 2.35 bits per heavy atom. The van der Waals surface area contributed by atoms with Gasteiger partial charge in [0.2, 0.25) is 0 Å². The molecule has 0 atom stereocenters. The molecule has 3 aromatic heterocycles. The van der Waals surface area contributed by atoms with E-state index in [9.17, 15) is 0 Å². The Balaban J connectivity index is 2.22. The summed E-state index contributed by atoms with van der Waals surface area (Å²) in [7, 11) is 0. The molecule has 3 aromatic rings. The Hall–Kier alpha value is -1.20. The van der Waals surface area contributed by atoms with Gasteiger partial charge in [0.1, 0.15) is 11.4 Å². The fraction of sp³-hybridized carbons (Fsp3) is 0.333. The third-order valence-electron chi connectivity index (χ3n) is 2.93. The SMILES string of the molecule is Cc1nc(-c2cn3c(C)c(C)sc3n2)c(C)s1. The molecule has 0 aromatic carbocycles. The van der Waals surface area contributed by atoms with Crippen LogP contribution < -0.4 is 0 Å². The quantitative estimate of drug-likeness (QED) is 0.669. The summed E-state index contributed by atoms with van der Waals surface area (Å²) in [5.74, 6) is 0. The van der Waals surface area contributed by atoms with Gasteiger partial charge in [-0.1, -0.05) is 0 Å². The lowest BCUT2D eigenvalue weighted by molar-refractivity contribution is 1.11. The zero-order valence-corrected chi connectivity index (χ0v) is 11.9. The third kappa shape index (κ3) is 1.61. The van der Waals surface area contributed by atoms with Crippen molar-refractivity contribution >= 4 is 27.6 Å². The van der Waals surface area contributed by atoms with Crippen molar-refractivity contribution in [2.24, 2.45) is 0 Å². The maximum Gasteiger partial charge on any atom is 0.194 e. The molecular formula is C12H13N3S2. The van der Waals surface area contributed by atoms with Gasteiger partial charge in [-0.25, -0.2) is 9.97 Å². The number of rotatable bonds is 1. The number of nitrogens with zero attached hydrogens (tertiary/aromatic N) is 3. The summed E-state index contributed by atoms with van der Waals surface area (Å²) >= 11 is 3.46. The van der Waals surface area contributed by atoms with E-state index in [0.29, 0.717) is 0 Å². The first kappa shape index (κ1) is 10.9. The Morgan fingerprint density at radius 1 is 1.00 bits per heavy atom. The largest absolute Gasteiger partial charge is 0.294 e. The number of fused-ring (bicyclic) bond motifs is 1. The van der Waals surface area contributed by atoms with Crippen molar-refractivity contribution in [3.63, 3.8) is 0 Å². The molecule has 5 heteroatoms. The van der Waals surface area contributed by atoms with Gasteiger partial charge in [0, 0.05) is 21.6 Å². The average molecular weight is 263 g/mol. The average Bonchev–Trinajstić information content (AvgIpc) is 2.86. The zero-order valence-electron chi connectivity index (χ0n) is 10.2. The van der Waals surface area contributed by atoms with Crippen molar-refractivity contribution < 1.29 is 0 Å². The first-order valence-corrected chi connectivity index (χ1v) is 7.09. The zero-order chi connectivity index (χ0) is 12.2. The molecule has 17 heavy (non-hydrogen) atoms. The number of thiazole rings is 2. The molecule has 0 saturated heterocycles. The van der Waals surface area contributed by atoms with Crippen LogP contribution in [0.15, 0.2) is 6.20 Å². The predicted octanol–water partition coefficient (Wildman–Crippen LogP) is 3.75. The number of imidazole rings is 1. The van der Waals surface area contributed by atoms with E-state index in [1.54, 1.807) is 22.7 Å². The topological polar surface area (TPSA) is 30.2 Å². The van der Waals surface area contributed by atoms with Gasteiger partial charge in [0.15, 0.2) is 4.96 Å². The lowest BCUT2D eigenvalue weighted by Crippen LogP contribution is -1.83. The molecule has 0 aliphatic heterocycles. The van der Waals surface area contributed by atoms with Crippen LogP contribution in [0.4, 0.5) is 0 Å². The Kier molecular flexibility index (Phi) is 2.34. The van der Waals surface area contributed by atoms with Gasteiger partial charge in [-0.2, -0.15) is 0 Å². The smallest absolute Gasteiger partial charge is 0.194 e. The molecule has 3 heterocycles. The van der Waals surface area contributed by atoms with Crippen molar-refractivity contribution in [2.45, 2.75) is 27.7 Å². The van der Waals surface area contributed by atoms with Gasteiger partial charge in [0.25, 0.3) is 0 Å². The molecule has 3 nitrogen and oxygen atoms in total. The first-order chi connectivity index (χ1) is 8.06. The minimum atomic E-state index is 0.987. The van der Waals surface area contributed by atoms with E-state index < -0.39 is 0 Å². The van der Waals surface area contributed by atoms with Gasteiger partial charge in [-0.05, 0) is 27.7 Å². The van der Waals surface area contributed by atoms with E-state index in [2.05, 4.69) is 41.3 Å². The molecule has 0 radical (unpaired) electrons. The summed E-state index contributed by atoms with van der Waals surface area (Å²) < 4.78 is 2.16. The van der Waals surface area contributed by atoms with Gasteiger partial charge in [-0.3, -0.25) is 4.40 Å². The molecule has 3 rings (SSSR count). The monoisotopic (exact) mass is 263 g/mol. The first-order valence-electron chi connectivity index (χ1n) is 5.46. The molecule has 0 aliphatic rings. The van der Waals surface area contributed by atoms with Crippen LogP contribution in [0.25, 0.3) is 16.3 Å². The van der Waals surface area contributed by atoms with Crippen molar-refractivity contribution in [2.75, 3.05) is 0 Å². The summed E-state index contributed by atoms with van der Waals surface area (Å²) in [4.78, 5) is 12.8. The van der Waals surface area contributed by atoms with Crippen LogP contribution in [0.5, 0.6) is 0 Å². The molecule has 0 bridgehead atoms. The lowest BCUT2D eigenvalue weighted by atomic mass is 10.3. The second-order valence-corrected chi connectivity index (χ2v) is 6.75. The van der Waals surface area contributed by atoms with Crippen LogP contribution in [-0.4, -0.2) is 14.4 Å². The number of hydrogen-bond donors (Lipinski definition) is 0. The Bertz CT molecular complexity index is 703. The van der Waals surface area contributed by atoms with E-state index >= 15 is 0 Å². The summed E-state index contributed by atoms with van der Waals surface area (Å²) in [5.41, 5.74) is 3.29. The molecule has 0 fully saturated rings. The van der Waals surface area contributed by atoms with E-state index in [-0.39, 0.29) is 0 Å². The number of aryl methyl sites for hydroxylation is 4. The van der Waals surface area contributed by atoms with Crippen molar-refractivity contribution in [1.82, 2.24) is 14.4 Å². The summed E-state index contributed by atoms with van der Waals surface area (Å²) in [6.07, 6.45) is 2.09. The highest BCUT2D eigenvalue weighted by Gasteiger charge is 2.14. The van der Waals surface area contributed by atoms with Crippen LogP contribution in [0.3, 0.4) is 0 Å². The van der Waals surface area contributed by atoms with Crippen molar-refractivity contribution in [1.29, 1.82) is 0 Å². The standard InChI is InChI=1S/C12H13N3S2/c1-6-7(2)17-12-14-10(5-15(6)12)11-8(3)16-9(4)13-11/h5H,1-4H3. The van der Waals surface area contributed by atoms with Gasteiger partial charge in [0.05, 0.1) is 5.01 Å². The Morgan fingerprint density at radius 2 is 1.76 bits per heavy atom. The summed E-state index contributed by atoms with van der Waals surface area (Å²) in [6.45, 7) is 8.40. The van der Waals surface area contributed by atoms with Gasteiger partial charge >= 0.3 is 0 Å². The predicted molar refractivity (Wildman–Crippen MR) is 73.1 cm³/mol. The molecule has 0 amide bonds. The van der Waals surface area contributed by atoms with Crippen LogP contribution in [0.1, 0.15) is 20.5 Å². The van der Waals surface area contributed by atoms with E-state index in [1.165, 1.54) is 15.4 Å². The highest BCUT2D eigenvalue weighted by Crippen LogP contribution is 2.29. The molecule has 0 unspecified atom stereocenters. The van der Waals surface area contributed by atoms with Crippen molar-refractivity contribution in [3.8, 4) is 11.4 Å². The van der Waals surface area contributed by atoms with Crippen LogP contribution in [0.2, 0.25) is 0 Å². The van der Waals surface area contributed by atoms with Gasteiger partial charge < -0.3 is 0 Å². The van der Waals surface area contributed by atoms with Gasteiger partial charge in [-0.15, -0.1) is 22.7 Å². The molecule has 0 saturated carbocycles. The molecule has 0 N–H and O–H groups in total. The fourth-order valence-corrected chi connectivity index (χ4v) is 3.72. The summed E-state index contributed by atoms with van der Waals surface area (Å²) in [6, 6.07) is 0. The normalized spacial score (nSPS) is 11.5. The third-order valence-corrected chi connectivity index (χ3v) is 4.89. The van der Waals surface area contributed by atoms with E-state index in [1.807, 2.05) is 6.92 Å². The second kappa shape index (κ2) is 3.65. The Labute approximate surface area is 108 Å². The minimum Gasteiger partial charge on any atom is -0.294 e. The number of hydrogen-bond acceptors (Lipinski definition) is 4. The minimum absolute atomic E-state index is 0.987. The maximum absolute atomic E-state index is 4.66. The van der Waals surface area contributed by atoms with Crippen LogP contribution in [0, 0.1) is 27.7 Å². The van der Waals surface area contributed by atoms with Crippen LogP contribution >= 0.6 is 22.7 Å². The molecular weight excluding hydrogens is 250 g/mol. The fourth-order valence-electron chi connectivity index (χ4n) is 1.94. The van der Waals surface area contributed by atoms with E-state index in [0.717, 1.165) is 21.4 Å². The molecule has 0 spiro atoms. The second-order valence-electron chi connectivity index (χ2n) is 4.16. The molecule has 88 valence electrons. The van der Waals surface area contributed by atoms with E-state index in [4.69, 9.17) is 0 Å². The number of aromatic nitrogens is 3. The van der Waals surface area contributed by atoms with Crippen molar-refractivity contribution in [3.05, 3.63) is 26.7 Å². The highest BCUT2D eigenvalue weighted by atomic mass is 32.1. The van der Waals surface area contributed by atoms with Crippen LogP contribution in [-0.2, 0) is 0 Å². The highest BCUT2D eigenvalue weighted by molar-refractivity contribution is 7.17. The summed E-state index contributed by atoms with van der Waals surface area (Å²) in [5, 5.41) is 1.10. The molecule has 0 aliphatic carbocycles.